The summed E-state index contributed by atoms with van der Waals surface area (Å²) in [5.74, 6) is 1.49. The molecule has 116 valence electrons. The molecule has 1 aromatic carbocycles. The fraction of sp³-hybridized carbons (Fsp3) is 0.412. The van der Waals surface area contributed by atoms with Crippen molar-refractivity contribution in [2.24, 2.45) is 0 Å². The zero-order valence-electron chi connectivity index (χ0n) is 13.2. The van der Waals surface area contributed by atoms with Gasteiger partial charge in [0.05, 0.1) is 19.3 Å². The molecular weight excluding hydrogens is 278 g/mol. The number of aryl methyl sites for hydroxylation is 2. The van der Waals surface area contributed by atoms with Crippen LogP contribution in [0.15, 0.2) is 30.5 Å². The summed E-state index contributed by atoms with van der Waals surface area (Å²) in [6, 6.07) is 8.02. The number of β-amino-alcohol motifs (C(OH)–C–C–N with tert-alkyl or cyclic N) is 1. The summed E-state index contributed by atoms with van der Waals surface area (Å²) in [4.78, 5) is 11.1. The molecule has 5 heteroatoms. The van der Waals surface area contributed by atoms with E-state index < -0.39 is 0 Å². The smallest absolute Gasteiger partial charge is 0.226 e. The minimum atomic E-state index is -0.374. The molecule has 2 atom stereocenters. The Hall–Kier alpha value is -2.14. The molecule has 0 amide bonds. The lowest BCUT2D eigenvalue weighted by Crippen LogP contribution is -2.26. The van der Waals surface area contributed by atoms with E-state index in [4.69, 9.17) is 4.74 Å². The van der Waals surface area contributed by atoms with Crippen LogP contribution in [0.3, 0.4) is 0 Å². The number of aliphatic hydroxyl groups is 1. The average Bonchev–Trinajstić information content (AvgIpc) is 2.92. The van der Waals surface area contributed by atoms with E-state index in [1.54, 1.807) is 7.11 Å². The van der Waals surface area contributed by atoms with Crippen LogP contribution in [0, 0.1) is 13.8 Å². The van der Waals surface area contributed by atoms with Gasteiger partial charge in [-0.2, -0.15) is 0 Å². The summed E-state index contributed by atoms with van der Waals surface area (Å²) in [5.41, 5.74) is 3.15. The Bertz CT molecular complexity index is 675. The number of methoxy groups -OCH3 is 1. The van der Waals surface area contributed by atoms with Gasteiger partial charge in [0, 0.05) is 18.4 Å². The summed E-state index contributed by atoms with van der Waals surface area (Å²) in [7, 11) is 1.66. The second-order valence-corrected chi connectivity index (χ2v) is 5.77. The van der Waals surface area contributed by atoms with Crippen LogP contribution in [0.5, 0.6) is 5.75 Å². The minimum Gasteiger partial charge on any atom is -0.497 e. The highest BCUT2D eigenvalue weighted by Crippen LogP contribution is 2.35. The minimum absolute atomic E-state index is 0.0622. The van der Waals surface area contributed by atoms with Gasteiger partial charge in [-0.1, -0.05) is 12.1 Å². The second-order valence-electron chi connectivity index (χ2n) is 5.77. The first-order chi connectivity index (χ1) is 10.6. The van der Waals surface area contributed by atoms with E-state index in [2.05, 4.69) is 20.9 Å². The van der Waals surface area contributed by atoms with Crippen molar-refractivity contribution in [3.05, 3.63) is 47.3 Å². The summed E-state index contributed by atoms with van der Waals surface area (Å²) < 4.78 is 5.30. The van der Waals surface area contributed by atoms with Crippen LogP contribution in [0.1, 0.15) is 29.3 Å². The van der Waals surface area contributed by atoms with E-state index in [1.165, 1.54) is 0 Å². The molecule has 3 rings (SSSR count). The predicted octanol–water partition coefficient (Wildman–Crippen LogP) is 2.41. The molecule has 1 aromatic heterocycles. The Morgan fingerprint density at radius 2 is 2.14 bits per heavy atom. The third-order valence-electron chi connectivity index (χ3n) is 4.23. The Balaban J connectivity index is 1.96. The molecule has 2 heterocycles. The summed E-state index contributed by atoms with van der Waals surface area (Å²) in [6.45, 7) is 4.52. The SMILES string of the molecule is COc1cccc([C@H]2C[C@H](O)CN2c2ncc(C)c(C)n2)c1. The molecule has 1 aliphatic heterocycles. The molecule has 0 unspecified atom stereocenters. The summed E-state index contributed by atoms with van der Waals surface area (Å²) in [5, 5.41) is 10.1. The topological polar surface area (TPSA) is 58.5 Å². The van der Waals surface area contributed by atoms with E-state index in [9.17, 15) is 5.11 Å². The van der Waals surface area contributed by atoms with Gasteiger partial charge in [0.15, 0.2) is 0 Å². The van der Waals surface area contributed by atoms with Gasteiger partial charge >= 0.3 is 0 Å². The Labute approximate surface area is 130 Å². The van der Waals surface area contributed by atoms with Crippen molar-refractivity contribution in [2.75, 3.05) is 18.6 Å². The molecule has 22 heavy (non-hydrogen) atoms. The van der Waals surface area contributed by atoms with E-state index in [1.807, 2.05) is 38.2 Å². The third kappa shape index (κ3) is 2.76. The molecular formula is C17H21N3O2. The number of anilines is 1. The molecule has 0 aliphatic carbocycles. The first-order valence-electron chi connectivity index (χ1n) is 7.47. The van der Waals surface area contributed by atoms with Crippen molar-refractivity contribution in [1.82, 2.24) is 9.97 Å². The molecule has 1 aliphatic rings. The lowest BCUT2D eigenvalue weighted by molar-refractivity contribution is 0.194. The van der Waals surface area contributed by atoms with E-state index in [0.717, 1.165) is 22.6 Å². The standard InChI is InChI=1S/C17H21N3O2/c1-11-9-18-17(19-12(11)2)20-10-14(21)8-16(20)13-5-4-6-15(7-13)22-3/h4-7,9,14,16,21H,8,10H2,1-3H3/t14-,16+/m0/s1. The quantitative estimate of drug-likeness (QED) is 0.943. The Morgan fingerprint density at radius 1 is 1.32 bits per heavy atom. The van der Waals surface area contributed by atoms with Crippen LogP contribution in [0.2, 0.25) is 0 Å². The van der Waals surface area contributed by atoms with E-state index in [0.29, 0.717) is 18.9 Å². The molecule has 5 nitrogen and oxygen atoms in total. The lowest BCUT2D eigenvalue weighted by Gasteiger charge is -2.25. The maximum absolute atomic E-state index is 10.1. The molecule has 1 N–H and O–H groups in total. The Kier molecular flexibility index (Phi) is 3.98. The summed E-state index contributed by atoms with van der Waals surface area (Å²) >= 11 is 0. The molecule has 0 saturated carbocycles. The van der Waals surface area contributed by atoms with Crippen molar-refractivity contribution >= 4 is 5.95 Å². The van der Waals surface area contributed by atoms with Gasteiger partial charge in [0.25, 0.3) is 0 Å². The largest absolute Gasteiger partial charge is 0.497 e. The van der Waals surface area contributed by atoms with Gasteiger partial charge in [0.1, 0.15) is 5.75 Å². The van der Waals surface area contributed by atoms with Gasteiger partial charge in [0.2, 0.25) is 5.95 Å². The third-order valence-corrected chi connectivity index (χ3v) is 4.23. The van der Waals surface area contributed by atoms with Crippen LogP contribution >= 0.6 is 0 Å². The van der Waals surface area contributed by atoms with Crippen LogP contribution < -0.4 is 9.64 Å². The average molecular weight is 299 g/mol. The fourth-order valence-corrected chi connectivity index (χ4v) is 2.85. The van der Waals surface area contributed by atoms with Crippen LogP contribution in [0.25, 0.3) is 0 Å². The normalized spacial score (nSPS) is 21.2. The molecule has 1 saturated heterocycles. The van der Waals surface area contributed by atoms with Crippen molar-refractivity contribution in [3.8, 4) is 5.75 Å². The van der Waals surface area contributed by atoms with E-state index >= 15 is 0 Å². The maximum Gasteiger partial charge on any atom is 0.226 e. The number of aliphatic hydroxyl groups excluding tert-OH is 1. The first-order valence-corrected chi connectivity index (χ1v) is 7.47. The van der Waals surface area contributed by atoms with Gasteiger partial charge in [-0.05, 0) is 43.5 Å². The first kappa shape index (κ1) is 14.8. The zero-order chi connectivity index (χ0) is 15.7. The van der Waals surface area contributed by atoms with Crippen molar-refractivity contribution in [1.29, 1.82) is 0 Å². The highest BCUT2D eigenvalue weighted by atomic mass is 16.5. The number of rotatable bonds is 3. The lowest BCUT2D eigenvalue weighted by atomic mass is 10.0. The number of benzene rings is 1. The van der Waals surface area contributed by atoms with Gasteiger partial charge < -0.3 is 14.7 Å². The molecule has 2 aromatic rings. The highest BCUT2D eigenvalue weighted by molar-refractivity contribution is 5.42. The molecule has 0 spiro atoms. The van der Waals surface area contributed by atoms with Crippen molar-refractivity contribution in [3.63, 3.8) is 0 Å². The number of ether oxygens (including phenoxy) is 1. The Morgan fingerprint density at radius 3 is 2.86 bits per heavy atom. The summed E-state index contributed by atoms with van der Waals surface area (Å²) in [6.07, 6.45) is 2.13. The van der Waals surface area contributed by atoms with Crippen molar-refractivity contribution in [2.45, 2.75) is 32.4 Å². The van der Waals surface area contributed by atoms with Crippen LogP contribution in [-0.2, 0) is 0 Å². The monoisotopic (exact) mass is 299 g/mol. The van der Waals surface area contributed by atoms with Gasteiger partial charge in [-0.15, -0.1) is 0 Å². The predicted molar refractivity (Wildman–Crippen MR) is 85.2 cm³/mol. The zero-order valence-corrected chi connectivity index (χ0v) is 13.2. The number of hydrogen-bond acceptors (Lipinski definition) is 5. The van der Waals surface area contributed by atoms with Gasteiger partial charge in [-0.3, -0.25) is 0 Å². The fourth-order valence-electron chi connectivity index (χ4n) is 2.85. The van der Waals surface area contributed by atoms with Crippen LogP contribution in [-0.4, -0.2) is 34.8 Å². The number of nitrogens with zero attached hydrogens (tertiary/aromatic N) is 3. The maximum atomic E-state index is 10.1. The highest BCUT2D eigenvalue weighted by Gasteiger charge is 2.34. The van der Waals surface area contributed by atoms with Gasteiger partial charge in [-0.25, -0.2) is 9.97 Å². The van der Waals surface area contributed by atoms with Crippen molar-refractivity contribution < 1.29 is 9.84 Å². The number of hydrogen-bond donors (Lipinski definition) is 1. The molecule has 0 bridgehead atoms. The second kappa shape index (κ2) is 5.93. The molecule has 0 radical (unpaired) electrons. The van der Waals surface area contributed by atoms with E-state index in [-0.39, 0.29) is 12.1 Å². The van der Waals surface area contributed by atoms with Crippen LogP contribution in [0.4, 0.5) is 5.95 Å². The number of aromatic nitrogens is 2. The molecule has 1 fully saturated rings.